The summed E-state index contributed by atoms with van der Waals surface area (Å²) < 4.78 is 11.5. The molecule has 2 aromatic heterocycles. The van der Waals surface area contributed by atoms with Crippen LogP contribution in [0.25, 0.3) is 55.0 Å². The fraction of sp³-hybridized carbons (Fsp3) is 0. The largest absolute Gasteiger partial charge is 0.458 e. The highest BCUT2D eigenvalue weighted by molar-refractivity contribution is 6.99. The Kier molecular flexibility index (Phi) is 3.75. The molecule has 40 heavy (non-hydrogen) atoms. The zero-order valence-corrected chi connectivity index (χ0v) is 21.5. The van der Waals surface area contributed by atoms with E-state index < -0.39 is 0 Å². The number of nitrogens with zero attached hydrogens (tertiary/aromatic N) is 2. The number of para-hydroxylation sites is 4. The van der Waals surface area contributed by atoms with Crippen molar-refractivity contribution >= 4 is 66.7 Å². The molecular formula is C36H21BN2O. The van der Waals surface area contributed by atoms with Crippen LogP contribution in [0.15, 0.2) is 127 Å². The maximum Gasteiger partial charge on any atom is 0.256 e. The fourth-order valence-corrected chi connectivity index (χ4v) is 7.46. The summed E-state index contributed by atoms with van der Waals surface area (Å²) in [6, 6.07) is 46.0. The van der Waals surface area contributed by atoms with Crippen molar-refractivity contribution in [3.8, 4) is 22.9 Å². The molecular weight excluding hydrogens is 487 g/mol. The van der Waals surface area contributed by atoms with E-state index in [9.17, 15) is 0 Å². The molecule has 0 N–H and O–H groups in total. The van der Waals surface area contributed by atoms with Crippen LogP contribution in [0.4, 0.5) is 0 Å². The van der Waals surface area contributed by atoms with Crippen molar-refractivity contribution in [2.24, 2.45) is 0 Å². The number of hydrogen-bond acceptors (Lipinski definition) is 1. The van der Waals surface area contributed by atoms with E-state index in [0.717, 1.165) is 11.5 Å². The summed E-state index contributed by atoms with van der Waals surface area (Å²) in [5.74, 6) is 1.91. The van der Waals surface area contributed by atoms with E-state index >= 15 is 0 Å². The van der Waals surface area contributed by atoms with E-state index in [4.69, 9.17) is 4.74 Å². The van der Waals surface area contributed by atoms with Gasteiger partial charge in [-0.15, -0.1) is 0 Å². The normalized spacial score (nSPS) is 13.2. The summed E-state index contributed by atoms with van der Waals surface area (Å²) in [5, 5.41) is 5.10. The summed E-state index contributed by atoms with van der Waals surface area (Å²) in [6.45, 7) is 0.137. The number of hydrogen-bond donors (Lipinski definition) is 0. The second-order valence-corrected chi connectivity index (χ2v) is 10.9. The first-order valence-electron chi connectivity index (χ1n) is 13.8. The lowest BCUT2D eigenvalue weighted by Gasteiger charge is -2.32. The van der Waals surface area contributed by atoms with E-state index in [1.165, 1.54) is 71.4 Å². The zero-order chi connectivity index (χ0) is 25.9. The van der Waals surface area contributed by atoms with Gasteiger partial charge >= 0.3 is 0 Å². The van der Waals surface area contributed by atoms with Gasteiger partial charge in [0.2, 0.25) is 0 Å². The molecule has 6 aromatic carbocycles. The quantitative estimate of drug-likeness (QED) is 0.223. The second-order valence-electron chi connectivity index (χ2n) is 10.9. The molecule has 0 radical (unpaired) electrons. The van der Waals surface area contributed by atoms with Crippen LogP contribution in [0, 0.1) is 0 Å². The molecule has 2 aliphatic heterocycles. The Morgan fingerprint density at radius 1 is 0.475 bits per heavy atom. The lowest BCUT2D eigenvalue weighted by Crippen LogP contribution is -2.58. The minimum atomic E-state index is 0.137. The van der Waals surface area contributed by atoms with E-state index in [2.05, 4.69) is 137 Å². The number of ether oxygens (including phenoxy) is 1. The molecule has 10 rings (SSSR count). The first kappa shape index (κ1) is 20.7. The third kappa shape index (κ3) is 2.39. The predicted octanol–water partition coefficient (Wildman–Crippen LogP) is 6.82. The molecule has 4 heterocycles. The van der Waals surface area contributed by atoms with Gasteiger partial charge in [0.05, 0.1) is 22.1 Å². The van der Waals surface area contributed by atoms with Crippen molar-refractivity contribution < 1.29 is 4.74 Å². The van der Waals surface area contributed by atoms with Crippen molar-refractivity contribution in [3.63, 3.8) is 0 Å². The van der Waals surface area contributed by atoms with E-state index in [1.54, 1.807) is 0 Å². The standard InChI is InChI=1S/C36H21BN2O/c1-2-10-22(11-3-1)38-28-15-7-4-12-25(28)33-30(38)20-18-23-24-19-21-32-34-36(24)39(35(23)33)29-16-8-5-13-26(29)37(34)27-14-6-9-17-31(27)40-32/h1-21H. The number of rotatable bonds is 1. The summed E-state index contributed by atoms with van der Waals surface area (Å²) in [5.41, 5.74) is 11.2. The monoisotopic (exact) mass is 508 g/mol. The molecule has 0 unspecified atom stereocenters. The van der Waals surface area contributed by atoms with Crippen LogP contribution in [0.3, 0.4) is 0 Å². The number of aromatic nitrogens is 2. The molecule has 0 aliphatic carbocycles. The van der Waals surface area contributed by atoms with E-state index in [1.807, 2.05) is 0 Å². The fourth-order valence-electron chi connectivity index (χ4n) is 7.46. The van der Waals surface area contributed by atoms with Gasteiger partial charge in [-0.3, -0.25) is 0 Å². The second kappa shape index (κ2) is 7.25. The van der Waals surface area contributed by atoms with Gasteiger partial charge in [0, 0.05) is 32.9 Å². The first-order valence-corrected chi connectivity index (χ1v) is 13.8. The predicted molar refractivity (Wildman–Crippen MR) is 166 cm³/mol. The van der Waals surface area contributed by atoms with Gasteiger partial charge in [0.25, 0.3) is 6.71 Å². The molecule has 184 valence electrons. The van der Waals surface area contributed by atoms with Crippen LogP contribution in [0.2, 0.25) is 0 Å². The van der Waals surface area contributed by atoms with Crippen LogP contribution in [0.5, 0.6) is 11.5 Å². The van der Waals surface area contributed by atoms with Crippen LogP contribution >= 0.6 is 0 Å². The van der Waals surface area contributed by atoms with Crippen LogP contribution in [-0.4, -0.2) is 15.8 Å². The Hall–Kier alpha value is -5.22. The van der Waals surface area contributed by atoms with Crippen molar-refractivity contribution in [1.82, 2.24) is 9.13 Å². The highest BCUT2D eigenvalue weighted by Crippen LogP contribution is 2.44. The van der Waals surface area contributed by atoms with Gasteiger partial charge in [0.15, 0.2) is 0 Å². The average Bonchev–Trinajstić information content (AvgIpc) is 3.54. The minimum Gasteiger partial charge on any atom is -0.458 e. The Morgan fingerprint density at radius 2 is 1.20 bits per heavy atom. The Bertz CT molecular complexity index is 2360. The molecule has 0 atom stereocenters. The molecule has 0 saturated heterocycles. The maximum absolute atomic E-state index is 6.56. The summed E-state index contributed by atoms with van der Waals surface area (Å²) in [7, 11) is 0. The van der Waals surface area contributed by atoms with Crippen molar-refractivity contribution in [3.05, 3.63) is 127 Å². The molecule has 0 amide bonds. The molecule has 0 spiro atoms. The molecule has 0 bridgehead atoms. The summed E-state index contributed by atoms with van der Waals surface area (Å²) in [4.78, 5) is 0. The van der Waals surface area contributed by atoms with Gasteiger partial charge in [-0.25, -0.2) is 0 Å². The van der Waals surface area contributed by atoms with Crippen LogP contribution in [0.1, 0.15) is 0 Å². The van der Waals surface area contributed by atoms with Gasteiger partial charge in [-0.1, -0.05) is 78.9 Å². The smallest absolute Gasteiger partial charge is 0.256 e. The Balaban J connectivity index is 1.46. The van der Waals surface area contributed by atoms with Gasteiger partial charge < -0.3 is 13.9 Å². The van der Waals surface area contributed by atoms with Crippen LogP contribution < -0.4 is 21.1 Å². The topological polar surface area (TPSA) is 19.1 Å². The molecule has 0 fully saturated rings. The van der Waals surface area contributed by atoms with E-state index in [-0.39, 0.29) is 6.71 Å². The highest BCUT2D eigenvalue weighted by atomic mass is 16.5. The van der Waals surface area contributed by atoms with Gasteiger partial charge in [-0.2, -0.15) is 0 Å². The Morgan fingerprint density at radius 3 is 2.12 bits per heavy atom. The van der Waals surface area contributed by atoms with E-state index in [0.29, 0.717) is 0 Å². The summed E-state index contributed by atoms with van der Waals surface area (Å²) >= 11 is 0. The van der Waals surface area contributed by atoms with Gasteiger partial charge in [-0.05, 0) is 64.9 Å². The summed E-state index contributed by atoms with van der Waals surface area (Å²) in [6.07, 6.45) is 0. The third-order valence-electron chi connectivity index (χ3n) is 8.97. The van der Waals surface area contributed by atoms with Crippen molar-refractivity contribution in [1.29, 1.82) is 0 Å². The van der Waals surface area contributed by atoms with Crippen molar-refractivity contribution in [2.45, 2.75) is 0 Å². The Labute approximate surface area is 230 Å². The minimum absolute atomic E-state index is 0.137. The first-order chi connectivity index (χ1) is 19.9. The molecule has 0 saturated carbocycles. The number of fused-ring (bicyclic) bond motifs is 12. The lowest BCUT2D eigenvalue weighted by atomic mass is 9.34. The van der Waals surface area contributed by atoms with Gasteiger partial charge in [0.1, 0.15) is 11.5 Å². The molecule has 8 aromatic rings. The highest BCUT2D eigenvalue weighted by Gasteiger charge is 2.40. The SMILES string of the molecule is c1ccc(-n2c3ccccc3c3c2ccc2c4ccc5c6c4n(c23)-c2ccccc2B6c2ccccc2O5)cc1. The van der Waals surface area contributed by atoms with Crippen LogP contribution in [-0.2, 0) is 0 Å². The average molecular weight is 508 g/mol. The third-order valence-corrected chi connectivity index (χ3v) is 8.97. The lowest BCUT2D eigenvalue weighted by molar-refractivity contribution is 0.488. The zero-order valence-electron chi connectivity index (χ0n) is 21.5. The molecule has 3 nitrogen and oxygen atoms in total. The molecule has 2 aliphatic rings. The van der Waals surface area contributed by atoms with Crippen molar-refractivity contribution in [2.75, 3.05) is 0 Å². The number of benzene rings is 6. The maximum atomic E-state index is 6.56. The molecule has 4 heteroatoms.